The lowest BCUT2D eigenvalue weighted by atomic mass is 9.91. The van der Waals surface area contributed by atoms with Crippen molar-refractivity contribution in [1.29, 1.82) is 0 Å². The van der Waals surface area contributed by atoms with Gasteiger partial charge in [0.25, 0.3) is 0 Å². The van der Waals surface area contributed by atoms with Crippen LogP contribution in [0.4, 0.5) is 4.39 Å². The molecule has 1 heterocycles. The SMILES string of the molecule is B[C@@H]1O[C@@](C)(CO)C(O)[C@H]1F. The molecule has 0 aromatic heterocycles. The predicted molar refractivity (Wildman–Crippen MR) is 39.8 cm³/mol. The average molecular weight is 162 g/mol. The Hall–Kier alpha value is -0.125. The molecule has 2 N–H and O–H groups in total. The summed E-state index contributed by atoms with van der Waals surface area (Å²) in [6, 6.07) is -0.637. The van der Waals surface area contributed by atoms with Gasteiger partial charge in [-0.05, 0) is 6.92 Å². The fourth-order valence-corrected chi connectivity index (χ4v) is 1.28. The second-order valence-corrected chi connectivity index (χ2v) is 3.18. The second kappa shape index (κ2) is 2.73. The van der Waals surface area contributed by atoms with Gasteiger partial charge in [-0.15, -0.1) is 0 Å². The summed E-state index contributed by atoms with van der Waals surface area (Å²) in [5, 5.41) is 18.0. The van der Waals surface area contributed by atoms with Gasteiger partial charge in [0.05, 0.1) is 12.6 Å². The first kappa shape index (κ1) is 8.97. The maximum atomic E-state index is 12.9. The molecule has 0 aliphatic carbocycles. The van der Waals surface area contributed by atoms with Crippen LogP contribution in [0.15, 0.2) is 0 Å². The van der Waals surface area contributed by atoms with E-state index in [-0.39, 0.29) is 6.61 Å². The van der Waals surface area contributed by atoms with Gasteiger partial charge in [-0.2, -0.15) is 0 Å². The first-order valence-electron chi connectivity index (χ1n) is 3.62. The van der Waals surface area contributed by atoms with Crippen LogP contribution in [-0.4, -0.2) is 48.5 Å². The second-order valence-electron chi connectivity index (χ2n) is 3.18. The first-order chi connectivity index (χ1) is 5.01. The monoisotopic (exact) mass is 162 g/mol. The fraction of sp³-hybridized carbons (Fsp3) is 1.00. The Kier molecular flexibility index (Phi) is 2.23. The smallest absolute Gasteiger partial charge is 0.147 e. The van der Waals surface area contributed by atoms with Gasteiger partial charge in [-0.3, -0.25) is 0 Å². The number of halogens is 1. The molecule has 0 spiro atoms. The van der Waals surface area contributed by atoms with Gasteiger partial charge >= 0.3 is 0 Å². The third-order valence-corrected chi connectivity index (χ3v) is 2.14. The summed E-state index contributed by atoms with van der Waals surface area (Å²) in [4.78, 5) is 0. The molecule has 0 aromatic carbocycles. The largest absolute Gasteiger partial charge is 0.393 e. The molecular weight excluding hydrogens is 150 g/mol. The Balaban J connectivity index is 2.73. The topological polar surface area (TPSA) is 49.7 Å². The zero-order chi connectivity index (χ0) is 8.65. The molecule has 1 saturated heterocycles. The maximum Gasteiger partial charge on any atom is 0.147 e. The molecule has 11 heavy (non-hydrogen) atoms. The van der Waals surface area contributed by atoms with Crippen molar-refractivity contribution < 1.29 is 19.3 Å². The Bertz CT molecular complexity index is 157. The van der Waals surface area contributed by atoms with E-state index in [1.54, 1.807) is 0 Å². The molecule has 64 valence electrons. The number of rotatable bonds is 1. The zero-order valence-electron chi connectivity index (χ0n) is 6.62. The lowest BCUT2D eigenvalue weighted by Crippen LogP contribution is -2.42. The van der Waals surface area contributed by atoms with E-state index in [1.807, 2.05) is 0 Å². The highest BCUT2D eigenvalue weighted by molar-refractivity contribution is 6.11. The van der Waals surface area contributed by atoms with Crippen molar-refractivity contribution in [1.82, 2.24) is 0 Å². The van der Waals surface area contributed by atoms with Crippen LogP contribution in [0.5, 0.6) is 0 Å². The number of aliphatic hydroxyl groups excluding tert-OH is 2. The van der Waals surface area contributed by atoms with Crippen LogP contribution in [0.2, 0.25) is 0 Å². The Morgan fingerprint density at radius 3 is 2.45 bits per heavy atom. The van der Waals surface area contributed by atoms with Crippen LogP contribution in [0.1, 0.15) is 6.92 Å². The van der Waals surface area contributed by atoms with Crippen LogP contribution < -0.4 is 0 Å². The van der Waals surface area contributed by atoms with Crippen LogP contribution in [0.25, 0.3) is 0 Å². The molecule has 1 rings (SSSR count). The van der Waals surface area contributed by atoms with Gasteiger partial charge in [-0.25, -0.2) is 4.39 Å². The van der Waals surface area contributed by atoms with E-state index < -0.39 is 23.9 Å². The summed E-state index contributed by atoms with van der Waals surface area (Å²) >= 11 is 0. The molecule has 5 heteroatoms. The lowest BCUT2D eigenvalue weighted by Gasteiger charge is -2.24. The average Bonchev–Trinajstić information content (AvgIpc) is 2.17. The highest BCUT2D eigenvalue weighted by atomic mass is 19.1. The summed E-state index contributed by atoms with van der Waals surface area (Å²) in [5.74, 6) is 0. The van der Waals surface area contributed by atoms with Gasteiger partial charge in [0.1, 0.15) is 25.7 Å². The van der Waals surface area contributed by atoms with E-state index in [1.165, 1.54) is 14.8 Å². The highest BCUT2D eigenvalue weighted by Crippen LogP contribution is 2.30. The number of ether oxygens (including phenoxy) is 1. The molecule has 1 aliphatic heterocycles. The standard InChI is InChI=1S/C6H12BFO3/c1-6(2-9)4(10)3(8)5(7)11-6/h3-5,9-10H,2,7H2,1H3/t3-,4?,5-,6+/m1/s1. The van der Waals surface area contributed by atoms with E-state index in [4.69, 9.17) is 9.84 Å². The zero-order valence-corrected chi connectivity index (χ0v) is 6.62. The normalized spacial score (nSPS) is 51.5. The number of alkyl halides is 1. The molecule has 0 radical (unpaired) electrons. The van der Waals surface area contributed by atoms with Crippen LogP contribution in [-0.2, 0) is 4.74 Å². The molecule has 1 aliphatic rings. The van der Waals surface area contributed by atoms with Gasteiger partial charge in [0.15, 0.2) is 0 Å². The van der Waals surface area contributed by atoms with E-state index >= 15 is 0 Å². The van der Waals surface area contributed by atoms with Crippen LogP contribution in [0, 0.1) is 0 Å². The van der Waals surface area contributed by atoms with Crippen molar-refractivity contribution in [3.63, 3.8) is 0 Å². The Morgan fingerprint density at radius 1 is 1.73 bits per heavy atom. The van der Waals surface area contributed by atoms with Crippen LogP contribution >= 0.6 is 0 Å². The summed E-state index contributed by atoms with van der Waals surface area (Å²) in [6.07, 6.45) is -2.62. The Morgan fingerprint density at radius 2 is 2.27 bits per heavy atom. The molecular formula is C6H12BFO3. The van der Waals surface area contributed by atoms with Gasteiger partial charge in [0.2, 0.25) is 0 Å². The highest BCUT2D eigenvalue weighted by Gasteiger charge is 2.49. The lowest BCUT2D eigenvalue weighted by molar-refractivity contribution is -0.0852. The van der Waals surface area contributed by atoms with E-state index in [2.05, 4.69) is 0 Å². The predicted octanol–water partition coefficient (Wildman–Crippen LogP) is -1.57. The molecule has 0 saturated carbocycles. The Labute approximate surface area is 65.6 Å². The molecule has 4 atom stereocenters. The third-order valence-electron chi connectivity index (χ3n) is 2.14. The third kappa shape index (κ3) is 1.28. The summed E-state index contributed by atoms with van der Waals surface area (Å²) < 4.78 is 18.0. The van der Waals surface area contributed by atoms with Gasteiger partial charge in [-0.1, -0.05) is 0 Å². The van der Waals surface area contributed by atoms with E-state index in [0.717, 1.165) is 0 Å². The van der Waals surface area contributed by atoms with E-state index in [0.29, 0.717) is 0 Å². The van der Waals surface area contributed by atoms with Crippen molar-refractivity contribution in [3.05, 3.63) is 0 Å². The molecule has 0 aromatic rings. The molecule has 0 amide bonds. The minimum Gasteiger partial charge on any atom is -0.393 e. The van der Waals surface area contributed by atoms with Crippen molar-refractivity contribution in [2.24, 2.45) is 0 Å². The van der Waals surface area contributed by atoms with Crippen molar-refractivity contribution in [3.8, 4) is 0 Å². The number of hydrogen-bond donors (Lipinski definition) is 2. The van der Waals surface area contributed by atoms with Crippen molar-refractivity contribution in [2.75, 3.05) is 6.61 Å². The fourth-order valence-electron chi connectivity index (χ4n) is 1.28. The quantitative estimate of drug-likeness (QED) is 0.457. The molecule has 0 bridgehead atoms. The van der Waals surface area contributed by atoms with Gasteiger partial charge in [0, 0.05) is 0 Å². The first-order valence-corrected chi connectivity index (χ1v) is 3.62. The van der Waals surface area contributed by atoms with Crippen LogP contribution in [0.3, 0.4) is 0 Å². The summed E-state index contributed by atoms with van der Waals surface area (Å²) in [5.41, 5.74) is -1.13. The number of aliphatic hydroxyl groups is 2. The maximum absolute atomic E-state index is 12.9. The molecule has 1 unspecified atom stereocenters. The van der Waals surface area contributed by atoms with Crippen molar-refractivity contribution in [2.45, 2.75) is 30.8 Å². The molecule has 3 nitrogen and oxygen atoms in total. The minimum atomic E-state index is -1.40. The van der Waals surface area contributed by atoms with E-state index in [9.17, 15) is 9.50 Å². The summed E-state index contributed by atoms with van der Waals surface area (Å²) in [6.45, 7) is 1.13. The minimum absolute atomic E-state index is 0.362. The number of hydrogen-bond acceptors (Lipinski definition) is 3. The van der Waals surface area contributed by atoms with Gasteiger partial charge < -0.3 is 14.9 Å². The summed E-state index contributed by atoms with van der Waals surface area (Å²) in [7, 11) is 1.54. The molecule has 1 fully saturated rings. The van der Waals surface area contributed by atoms with Crippen molar-refractivity contribution >= 4 is 7.85 Å².